The molecule has 0 aliphatic carbocycles. The van der Waals surface area contributed by atoms with Crippen LogP contribution in [0.3, 0.4) is 0 Å². The molecule has 0 spiro atoms. The van der Waals surface area contributed by atoms with Crippen molar-refractivity contribution in [3.63, 3.8) is 0 Å². The van der Waals surface area contributed by atoms with Gasteiger partial charge in [0, 0.05) is 19.1 Å². The first kappa shape index (κ1) is 21.3. The highest BCUT2D eigenvalue weighted by atomic mass is 28.4. The zero-order chi connectivity index (χ0) is 18.2. The summed E-state index contributed by atoms with van der Waals surface area (Å²) in [5.41, 5.74) is 1.09. The number of hydrogen-bond acceptors (Lipinski definition) is 4. The molecule has 2 N–H and O–H groups in total. The summed E-state index contributed by atoms with van der Waals surface area (Å²) in [6.45, 7) is 11.8. The van der Waals surface area contributed by atoms with Gasteiger partial charge in [0.1, 0.15) is 0 Å². The SMILES string of the molecule is CC(C)(C)[Si](C)(C)O[C@H](CCO)C[C@@H](O)COCc1ccccc1. The predicted molar refractivity (Wildman–Crippen MR) is 100 cm³/mol. The topological polar surface area (TPSA) is 58.9 Å². The average molecular weight is 355 g/mol. The summed E-state index contributed by atoms with van der Waals surface area (Å²) < 4.78 is 11.9. The molecule has 0 bridgehead atoms. The molecule has 138 valence electrons. The molecule has 0 aliphatic heterocycles. The summed E-state index contributed by atoms with van der Waals surface area (Å²) in [4.78, 5) is 0. The smallest absolute Gasteiger partial charge is 0.192 e. The summed E-state index contributed by atoms with van der Waals surface area (Å²) >= 11 is 0. The van der Waals surface area contributed by atoms with Gasteiger partial charge in [-0.25, -0.2) is 0 Å². The van der Waals surface area contributed by atoms with Crippen LogP contribution in [0.4, 0.5) is 0 Å². The number of rotatable bonds is 10. The largest absolute Gasteiger partial charge is 0.414 e. The van der Waals surface area contributed by atoms with Crippen molar-refractivity contribution in [1.82, 2.24) is 0 Å². The summed E-state index contributed by atoms with van der Waals surface area (Å²) in [6.07, 6.45) is 0.311. The first-order valence-corrected chi connectivity index (χ1v) is 11.6. The summed E-state index contributed by atoms with van der Waals surface area (Å²) in [7, 11) is -1.92. The van der Waals surface area contributed by atoms with Crippen molar-refractivity contribution in [2.24, 2.45) is 0 Å². The molecule has 0 unspecified atom stereocenters. The van der Waals surface area contributed by atoms with E-state index in [2.05, 4.69) is 33.9 Å². The third-order valence-corrected chi connectivity index (χ3v) is 9.21. The maximum Gasteiger partial charge on any atom is 0.192 e. The molecule has 0 fully saturated rings. The molecule has 0 saturated heterocycles. The minimum atomic E-state index is -1.92. The molecule has 0 radical (unpaired) electrons. The van der Waals surface area contributed by atoms with E-state index in [9.17, 15) is 10.2 Å². The Bertz CT molecular complexity index is 456. The minimum absolute atomic E-state index is 0.0664. The van der Waals surface area contributed by atoms with Crippen LogP contribution >= 0.6 is 0 Å². The summed E-state index contributed by atoms with van der Waals surface area (Å²) in [5.74, 6) is 0. The first-order chi connectivity index (χ1) is 11.2. The van der Waals surface area contributed by atoms with Crippen LogP contribution in [-0.2, 0) is 15.8 Å². The second-order valence-electron chi connectivity index (χ2n) is 7.90. The molecule has 0 aromatic heterocycles. The highest BCUT2D eigenvalue weighted by molar-refractivity contribution is 6.74. The molecule has 24 heavy (non-hydrogen) atoms. The van der Waals surface area contributed by atoms with Gasteiger partial charge in [0.25, 0.3) is 0 Å². The van der Waals surface area contributed by atoms with Crippen molar-refractivity contribution >= 4 is 8.32 Å². The lowest BCUT2D eigenvalue weighted by Gasteiger charge is -2.39. The standard InChI is InChI=1S/C19H34O4Si/c1-19(2,3)24(4,5)23-18(11-12-20)13-17(21)15-22-14-16-9-7-6-8-10-16/h6-10,17-18,20-21H,11-15H2,1-5H3/t17-,18-/m1/s1. The molecule has 1 aromatic rings. The van der Waals surface area contributed by atoms with E-state index in [0.717, 1.165) is 5.56 Å². The zero-order valence-electron chi connectivity index (χ0n) is 15.8. The van der Waals surface area contributed by atoms with E-state index in [1.165, 1.54) is 0 Å². The number of ether oxygens (including phenoxy) is 1. The summed E-state index contributed by atoms with van der Waals surface area (Å²) in [6, 6.07) is 9.91. The maximum absolute atomic E-state index is 10.3. The molecule has 1 rings (SSSR count). The quantitative estimate of drug-likeness (QED) is 0.629. The molecule has 0 heterocycles. The monoisotopic (exact) mass is 354 g/mol. The first-order valence-electron chi connectivity index (χ1n) is 8.74. The van der Waals surface area contributed by atoms with Gasteiger partial charge in [0.2, 0.25) is 0 Å². The Morgan fingerprint density at radius 1 is 1.12 bits per heavy atom. The lowest BCUT2D eigenvalue weighted by atomic mass is 10.1. The zero-order valence-corrected chi connectivity index (χ0v) is 16.8. The van der Waals surface area contributed by atoms with Gasteiger partial charge in [-0.05, 0) is 30.1 Å². The van der Waals surface area contributed by atoms with Crippen LogP contribution in [0.1, 0.15) is 39.2 Å². The molecular weight excluding hydrogens is 320 g/mol. The number of aliphatic hydroxyl groups excluding tert-OH is 2. The Morgan fingerprint density at radius 2 is 1.75 bits per heavy atom. The number of hydrogen-bond donors (Lipinski definition) is 2. The third kappa shape index (κ3) is 7.45. The van der Waals surface area contributed by atoms with Gasteiger partial charge in [0.05, 0.1) is 19.3 Å². The van der Waals surface area contributed by atoms with Crippen LogP contribution in [0, 0.1) is 0 Å². The molecule has 5 heteroatoms. The van der Waals surface area contributed by atoms with Gasteiger partial charge in [-0.3, -0.25) is 0 Å². The number of benzene rings is 1. The Kier molecular flexibility index (Phi) is 8.60. The van der Waals surface area contributed by atoms with E-state index in [-0.39, 0.29) is 24.4 Å². The van der Waals surface area contributed by atoms with E-state index < -0.39 is 14.4 Å². The fourth-order valence-electron chi connectivity index (χ4n) is 2.22. The van der Waals surface area contributed by atoms with Crippen LogP contribution in [0.2, 0.25) is 18.1 Å². The van der Waals surface area contributed by atoms with Crippen LogP contribution < -0.4 is 0 Å². The van der Waals surface area contributed by atoms with E-state index in [0.29, 0.717) is 19.4 Å². The van der Waals surface area contributed by atoms with E-state index >= 15 is 0 Å². The van der Waals surface area contributed by atoms with Gasteiger partial charge in [-0.2, -0.15) is 0 Å². The van der Waals surface area contributed by atoms with Gasteiger partial charge in [-0.15, -0.1) is 0 Å². The van der Waals surface area contributed by atoms with Crippen LogP contribution in [0.5, 0.6) is 0 Å². The fraction of sp³-hybridized carbons (Fsp3) is 0.684. The molecular formula is C19H34O4Si. The van der Waals surface area contributed by atoms with Gasteiger partial charge in [-0.1, -0.05) is 51.1 Å². The van der Waals surface area contributed by atoms with Crippen LogP contribution in [0.15, 0.2) is 30.3 Å². The maximum atomic E-state index is 10.3. The molecule has 2 atom stereocenters. The van der Waals surface area contributed by atoms with Gasteiger partial charge in [0.15, 0.2) is 8.32 Å². The van der Waals surface area contributed by atoms with Crippen LogP contribution in [-0.4, -0.2) is 44.0 Å². The average Bonchev–Trinajstić information content (AvgIpc) is 2.47. The normalized spacial score (nSPS) is 15.3. The number of aliphatic hydroxyl groups is 2. The molecule has 0 aliphatic rings. The van der Waals surface area contributed by atoms with Gasteiger partial charge >= 0.3 is 0 Å². The van der Waals surface area contributed by atoms with Crippen molar-refractivity contribution in [2.45, 2.75) is 70.6 Å². The predicted octanol–water partition coefficient (Wildman–Crippen LogP) is 3.73. The highest BCUT2D eigenvalue weighted by Gasteiger charge is 2.39. The third-order valence-electron chi connectivity index (χ3n) is 4.68. The van der Waals surface area contributed by atoms with E-state index in [1.807, 2.05) is 30.3 Å². The van der Waals surface area contributed by atoms with Crippen molar-refractivity contribution < 1.29 is 19.4 Å². The Morgan fingerprint density at radius 3 is 2.29 bits per heavy atom. The molecule has 1 aromatic carbocycles. The summed E-state index contributed by atoms with van der Waals surface area (Å²) in [5, 5.41) is 19.7. The minimum Gasteiger partial charge on any atom is -0.414 e. The van der Waals surface area contributed by atoms with E-state index in [4.69, 9.17) is 9.16 Å². The highest BCUT2D eigenvalue weighted by Crippen LogP contribution is 2.38. The van der Waals surface area contributed by atoms with Crippen LogP contribution in [0.25, 0.3) is 0 Å². The Labute approximate surface area is 147 Å². The Hall–Kier alpha value is -0.723. The molecule has 0 saturated carbocycles. The lowest BCUT2D eigenvalue weighted by molar-refractivity contribution is -0.000466. The molecule has 4 nitrogen and oxygen atoms in total. The van der Waals surface area contributed by atoms with Crippen molar-refractivity contribution in [3.05, 3.63) is 35.9 Å². The fourth-order valence-corrected chi connectivity index (χ4v) is 3.62. The van der Waals surface area contributed by atoms with E-state index in [1.54, 1.807) is 0 Å². The van der Waals surface area contributed by atoms with Gasteiger partial charge < -0.3 is 19.4 Å². The lowest BCUT2D eigenvalue weighted by Crippen LogP contribution is -2.45. The van der Waals surface area contributed by atoms with Crippen molar-refractivity contribution in [3.8, 4) is 0 Å². The second kappa shape index (κ2) is 9.68. The van der Waals surface area contributed by atoms with Crippen molar-refractivity contribution in [2.75, 3.05) is 13.2 Å². The van der Waals surface area contributed by atoms with Crippen molar-refractivity contribution in [1.29, 1.82) is 0 Å². The molecule has 0 amide bonds. The second-order valence-corrected chi connectivity index (χ2v) is 12.7. The Balaban J connectivity index is 2.46.